The van der Waals surface area contributed by atoms with E-state index < -0.39 is 17.7 Å². The van der Waals surface area contributed by atoms with Crippen LogP contribution in [0.25, 0.3) is 0 Å². The zero-order valence-electron chi connectivity index (χ0n) is 7.53. The molecule has 1 saturated heterocycles. The molecule has 1 fully saturated rings. The zero-order chi connectivity index (χ0) is 9.35. The molecule has 0 aliphatic carbocycles. The second-order valence-corrected chi connectivity index (χ2v) is 3.58. The van der Waals surface area contributed by atoms with Gasteiger partial charge in [-0.05, 0) is 20.8 Å². The summed E-state index contributed by atoms with van der Waals surface area (Å²) in [5.74, 6) is -0.966. The molecule has 0 radical (unpaired) electrons. The molecule has 70 valence electrons. The number of carbonyl (C=O) groups is 1. The van der Waals surface area contributed by atoms with Gasteiger partial charge >= 0.3 is 5.97 Å². The van der Waals surface area contributed by atoms with E-state index in [1.807, 2.05) is 6.92 Å². The van der Waals surface area contributed by atoms with Gasteiger partial charge in [0.25, 0.3) is 0 Å². The van der Waals surface area contributed by atoms with Gasteiger partial charge in [-0.1, -0.05) is 0 Å². The third-order valence-corrected chi connectivity index (χ3v) is 1.86. The van der Waals surface area contributed by atoms with Crippen molar-refractivity contribution in [2.45, 2.75) is 38.6 Å². The van der Waals surface area contributed by atoms with E-state index in [1.54, 1.807) is 13.8 Å². The quantitative estimate of drug-likeness (QED) is 0.634. The summed E-state index contributed by atoms with van der Waals surface area (Å²) in [5, 5.41) is 8.76. The van der Waals surface area contributed by atoms with E-state index >= 15 is 0 Å². The molecular formula is C8H14O4. The lowest BCUT2D eigenvalue weighted by atomic mass is 10.00. The number of carboxylic acid groups (broad SMARTS) is 1. The fraction of sp³-hybridized carbons (Fsp3) is 0.875. The van der Waals surface area contributed by atoms with Crippen LogP contribution in [0.4, 0.5) is 0 Å². The molecular weight excluding hydrogens is 160 g/mol. The van der Waals surface area contributed by atoms with Crippen LogP contribution in [0.1, 0.15) is 20.8 Å². The minimum atomic E-state index is -0.966. The van der Waals surface area contributed by atoms with Crippen molar-refractivity contribution >= 4 is 5.97 Å². The largest absolute Gasteiger partial charge is 0.479 e. The molecule has 0 aromatic carbocycles. The molecule has 0 saturated carbocycles. The predicted molar refractivity (Wildman–Crippen MR) is 42.0 cm³/mol. The SMILES string of the molecule is CC1COC(C(=O)O)C(C)(C)O1. The lowest BCUT2D eigenvalue weighted by Crippen LogP contribution is -2.53. The Balaban J connectivity index is 2.70. The van der Waals surface area contributed by atoms with Crippen LogP contribution in [0.15, 0.2) is 0 Å². The molecule has 1 aliphatic heterocycles. The van der Waals surface area contributed by atoms with Gasteiger partial charge in [0.15, 0.2) is 6.10 Å². The molecule has 0 amide bonds. The molecule has 2 unspecified atom stereocenters. The summed E-state index contributed by atoms with van der Waals surface area (Å²) in [6, 6.07) is 0. The standard InChI is InChI=1S/C8H14O4/c1-5-4-11-6(7(9)10)8(2,3)12-5/h5-6H,4H2,1-3H3,(H,9,10). The van der Waals surface area contributed by atoms with Gasteiger partial charge in [-0.25, -0.2) is 4.79 Å². The predicted octanol–water partition coefficient (Wildman–Crippen LogP) is 0.653. The highest BCUT2D eigenvalue weighted by Gasteiger charge is 2.42. The molecule has 0 spiro atoms. The molecule has 0 aromatic heterocycles. The summed E-state index contributed by atoms with van der Waals surface area (Å²) in [6.07, 6.45) is -0.885. The lowest BCUT2D eigenvalue weighted by molar-refractivity contribution is -0.225. The summed E-state index contributed by atoms with van der Waals surface area (Å²) >= 11 is 0. The van der Waals surface area contributed by atoms with Gasteiger partial charge in [-0.15, -0.1) is 0 Å². The van der Waals surface area contributed by atoms with Crippen LogP contribution < -0.4 is 0 Å². The minimum Gasteiger partial charge on any atom is -0.479 e. The van der Waals surface area contributed by atoms with E-state index in [-0.39, 0.29) is 6.10 Å². The Morgan fingerprint density at radius 3 is 2.58 bits per heavy atom. The number of carboxylic acids is 1. The second kappa shape index (κ2) is 3.03. The normalized spacial score (nSPS) is 34.6. The summed E-state index contributed by atoms with van der Waals surface area (Å²) in [4.78, 5) is 10.7. The van der Waals surface area contributed by atoms with Gasteiger partial charge < -0.3 is 14.6 Å². The minimum absolute atomic E-state index is 0.0319. The summed E-state index contributed by atoms with van der Waals surface area (Å²) < 4.78 is 10.6. The molecule has 4 nitrogen and oxygen atoms in total. The monoisotopic (exact) mass is 174 g/mol. The van der Waals surface area contributed by atoms with E-state index in [9.17, 15) is 4.79 Å². The lowest BCUT2D eigenvalue weighted by Gasteiger charge is -2.39. The van der Waals surface area contributed by atoms with Gasteiger partial charge in [0.05, 0.1) is 18.3 Å². The van der Waals surface area contributed by atoms with Crippen LogP contribution >= 0.6 is 0 Å². The van der Waals surface area contributed by atoms with Gasteiger partial charge in [0.2, 0.25) is 0 Å². The van der Waals surface area contributed by atoms with Crippen molar-refractivity contribution in [1.29, 1.82) is 0 Å². The van der Waals surface area contributed by atoms with Gasteiger partial charge in [0, 0.05) is 0 Å². The molecule has 1 heterocycles. The topological polar surface area (TPSA) is 55.8 Å². The Morgan fingerprint density at radius 2 is 2.17 bits per heavy atom. The third kappa shape index (κ3) is 1.76. The fourth-order valence-corrected chi connectivity index (χ4v) is 1.42. The van der Waals surface area contributed by atoms with Crippen molar-refractivity contribution in [3.05, 3.63) is 0 Å². The highest BCUT2D eigenvalue weighted by Crippen LogP contribution is 2.25. The summed E-state index contributed by atoms with van der Waals surface area (Å²) in [5.41, 5.74) is -0.733. The molecule has 4 heteroatoms. The first-order valence-corrected chi connectivity index (χ1v) is 3.95. The first-order valence-electron chi connectivity index (χ1n) is 3.95. The molecule has 0 bridgehead atoms. The molecule has 1 rings (SSSR count). The molecule has 1 N–H and O–H groups in total. The van der Waals surface area contributed by atoms with Crippen molar-refractivity contribution in [1.82, 2.24) is 0 Å². The third-order valence-electron chi connectivity index (χ3n) is 1.86. The number of rotatable bonds is 1. The van der Waals surface area contributed by atoms with Crippen LogP contribution in [0.5, 0.6) is 0 Å². The van der Waals surface area contributed by atoms with Crippen LogP contribution in [-0.2, 0) is 14.3 Å². The van der Waals surface area contributed by atoms with Crippen molar-refractivity contribution in [3.8, 4) is 0 Å². The van der Waals surface area contributed by atoms with Gasteiger partial charge in [-0.2, -0.15) is 0 Å². The van der Waals surface area contributed by atoms with Crippen LogP contribution in [-0.4, -0.2) is 35.5 Å². The van der Waals surface area contributed by atoms with E-state index in [4.69, 9.17) is 14.6 Å². The zero-order valence-corrected chi connectivity index (χ0v) is 7.53. The first-order chi connectivity index (χ1) is 5.43. The highest BCUT2D eigenvalue weighted by atomic mass is 16.6. The average Bonchev–Trinajstić information content (AvgIpc) is 1.82. The maximum atomic E-state index is 10.7. The smallest absolute Gasteiger partial charge is 0.335 e. The van der Waals surface area contributed by atoms with E-state index in [0.717, 1.165) is 0 Å². The summed E-state index contributed by atoms with van der Waals surface area (Å²) in [6.45, 7) is 5.66. The number of aliphatic carboxylic acids is 1. The maximum Gasteiger partial charge on any atom is 0.335 e. The van der Waals surface area contributed by atoms with Crippen LogP contribution in [0, 0.1) is 0 Å². The fourth-order valence-electron chi connectivity index (χ4n) is 1.42. The Morgan fingerprint density at radius 1 is 1.58 bits per heavy atom. The Hall–Kier alpha value is -0.610. The average molecular weight is 174 g/mol. The highest BCUT2D eigenvalue weighted by molar-refractivity contribution is 5.74. The van der Waals surface area contributed by atoms with Gasteiger partial charge in [0.1, 0.15) is 0 Å². The Kier molecular flexibility index (Phi) is 2.39. The molecule has 0 aromatic rings. The number of hydrogen-bond donors (Lipinski definition) is 1. The van der Waals surface area contributed by atoms with E-state index in [2.05, 4.69) is 0 Å². The van der Waals surface area contributed by atoms with E-state index in [1.165, 1.54) is 0 Å². The molecule has 2 atom stereocenters. The van der Waals surface area contributed by atoms with Crippen molar-refractivity contribution in [3.63, 3.8) is 0 Å². The van der Waals surface area contributed by atoms with E-state index in [0.29, 0.717) is 6.61 Å². The number of ether oxygens (including phenoxy) is 2. The van der Waals surface area contributed by atoms with Crippen LogP contribution in [0.3, 0.4) is 0 Å². The Labute approximate surface area is 71.5 Å². The number of hydrogen-bond acceptors (Lipinski definition) is 3. The second-order valence-electron chi connectivity index (χ2n) is 3.58. The maximum absolute atomic E-state index is 10.7. The summed E-state index contributed by atoms with van der Waals surface area (Å²) in [7, 11) is 0. The Bertz CT molecular complexity index is 187. The molecule has 12 heavy (non-hydrogen) atoms. The van der Waals surface area contributed by atoms with Crippen molar-refractivity contribution in [2.75, 3.05) is 6.61 Å². The van der Waals surface area contributed by atoms with Crippen molar-refractivity contribution in [2.24, 2.45) is 0 Å². The van der Waals surface area contributed by atoms with Crippen LogP contribution in [0.2, 0.25) is 0 Å². The molecule has 1 aliphatic rings. The first kappa shape index (κ1) is 9.48. The van der Waals surface area contributed by atoms with Crippen molar-refractivity contribution < 1.29 is 19.4 Å². The van der Waals surface area contributed by atoms with Gasteiger partial charge in [-0.3, -0.25) is 0 Å².